The van der Waals surface area contributed by atoms with Crippen molar-refractivity contribution in [2.45, 2.75) is 32.7 Å². The Balaban J connectivity index is 1.74. The molecule has 1 saturated carbocycles. The average Bonchev–Trinajstić information content (AvgIpc) is 2.81. The summed E-state index contributed by atoms with van der Waals surface area (Å²) in [5, 5.41) is 0. The fourth-order valence-electron chi connectivity index (χ4n) is 4.05. The molecule has 1 unspecified atom stereocenters. The Morgan fingerprint density at radius 3 is 2.38 bits per heavy atom. The zero-order chi connectivity index (χ0) is 18.9. The number of nitrogens with zero attached hydrogens (tertiary/aromatic N) is 3. The minimum atomic E-state index is -3.24. The Hall–Kier alpha value is -1.61. The Morgan fingerprint density at radius 2 is 1.85 bits per heavy atom. The van der Waals surface area contributed by atoms with Crippen molar-refractivity contribution in [3.8, 4) is 11.9 Å². The van der Waals surface area contributed by atoms with Gasteiger partial charge in [-0.15, -0.1) is 0 Å². The number of aromatic nitrogens is 2. The summed E-state index contributed by atoms with van der Waals surface area (Å²) in [5.41, 5.74) is 0. The molecule has 0 radical (unpaired) electrons. The second-order valence-electron chi connectivity index (χ2n) is 7.58. The van der Waals surface area contributed by atoms with Gasteiger partial charge in [0.1, 0.15) is 5.82 Å². The van der Waals surface area contributed by atoms with E-state index in [2.05, 4.69) is 19.6 Å². The van der Waals surface area contributed by atoms with Crippen molar-refractivity contribution < 1.29 is 17.9 Å². The molecule has 1 aromatic rings. The van der Waals surface area contributed by atoms with Gasteiger partial charge in [-0.2, -0.15) is 9.97 Å². The molecule has 1 aromatic heterocycles. The number of rotatable bonds is 7. The van der Waals surface area contributed by atoms with Crippen LogP contribution in [-0.2, 0) is 10.0 Å². The average molecular weight is 385 g/mol. The molecule has 1 saturated heterocycles. The number of nitrogens with one attached hydrogen (secondary N) is 1. The monoisotopic (exact) mass is 384 g/mol. The number of hydrogen-bond acceptors (Lipinski definition) is 7. The van der Waals surface area contributed by atoms with Gasteiger partial charge >= 0.3 is 6.01 Å². The molecule has 3 atom stereocenters. The van der Waals surface area contributed by atoms with E-state index in [9.17, 15) is 8.42 Å². The van der Waals surface area contributed by atoms with E-state index in [-0.39, 0.29) is 35.6 Å². The molecule has 26 heavy (non-hydrogen) atoms. The molecule has 9 heteroatoms. The summed E-state index contributed by atoms with van der Waals surface area (Å²) in [6.07, 6.45) is 2.05. The SMILES string of the molecule is COc1cc(N2C[C@H]3CC[C@@H](C2)C3NS(=O)(=O)CC(C)C)nc(OC)n1. The summed E-state index contributed by atoms with van der Waals surface area (Å²) in [4.78, 5) is 10.8. The number of methoxy groups -OCH3 is 2. The third kappa shape index (κ3) is 4.20. The van der Waals surface area contributed by atoms with Crippen molar-refractivity contribution in [2.75, 3.05) is 38.0 Å². The highest BCUT2D eigenvalue weighted by atomic mass is 32.2. The highest BCUT2D eigenvalue weighted by Crippen LogP contribution is 2.39. The minimum Gasteiger partial charge on any atom is -0.481 e. The van der Waals surface area contributed by atoms with Gasteiger partial charge in [-0.25, -0.2) is 13.1 Å². The first-order valence-corrected chi connectivity index (χ1v) is 10.7. The fraction of sp³-hybridized carbons (Fsp3) is 0.765. The van der Waals surface area contributed by atoms with Crippen molar-refractivity contribution in [1.82, 2.24) is 14.7 Å². The maximum absolute atomic E-state index is 12.4. The van der Waals surface area contributed by atoms with Gasteiger partial charge in [-0.05, 0) is 30.6 Å². The van der Waals surface area contributed by atoms with Crippen molar-refractivity contribution in [3.05, 3.63) is 6.07 Å². The molecular weight excluding hydrogens is 356 g/mol. The lowest BCUT2D eigenvalue weighted by atomic mass is 9.93. The van der Waals surface area contributed by atoms with Crippen LogP contribution in [-0.4, -0.2) is 57.5 Å². The van der Waals surface area contributed by atoms with Gasteiger partial charge in [0.25, 0.3) is 0 Å². The number of fused-ring (bicyclic) bond motifs is 2. The van der Waals surface area contributed by atoms with Crippen LogP contribution in [0.2, 0.25) is 0 Å². The predicted octanol–water partition coefficient (Wildman–Crippen LogP) is 1.28. The largest absolute Gasteiger partial charge is 0.481 e. The summed E-state index contributed by atoms with van der Waals surface area (Å²) in [6, 6.07) is 2.08. The van der Waals surface area contributed by atoms with Crippen LogP contribution in [0.5, 0.6) is 11.9 Å². The summed E-state index contributed by atoms with van der Waals surface area (Å²) in [5.74, 6) is 2.07. The van der Waals surface area contributed by atoms with Crippen molar-refractivity contribution in [1.29, 1.82) is 0 Å². The molecule has 2 heterocycles. The second-order valence-corrected chi connectivity index (χ2v) is 9.38. The Labute approximate surface area is 155 Å². The van der Waals surface area contributed by atoms with Gasteiger partial charge in [0.15, 0.2) is 0 Å². The molecular formula is C17H28N4O4S. The van der Waals surface area contributed by atoms with E-state index in [1.807, 2.05) is 13.8 Å². The molecule has 1 N–H and O–H groups in total. The molecule has 0 aromatic carbocycles. The molecule has 3 rings (SSSR count). The predicted molar refractivity (Wildman–Crippen MR) is 99.1 cm³/mol. The second kappa shape index (κ2) is 7.56. The molecule has 146 valence electrons. The molecule has 1 aliphatic carbocycles. The lowest BCUT2D eigenvalue weighted by Crippen LogP contribution is -2.53. The molecule has 0 spiro atoms. The number of hydrogen-bond donors (Lipinski definition) is 1. The first-order valence-electron chi connectivity index (χ1n) is 9.03. The van der Waals surface area contributed by atoms with Crippen molar-refractivity contribution in [3.63, 3.8) is 0 Å². The standard InChI is InChI=1S/C17H28N4O4S/c1-11(2)10-26(22,23)20-16-12-5-6-13(16)9-21(8-12)14-7-15(24-3)19-17(18-14)25-4/h7,11-13,16,20H,5-6,8-10H2,1-4H3/t12-,13+,16?. The van der Waals surface area contributed by atoms with E-state index in [0.717, 1.165) is 31.7 Å². The molecule has 8 nitrogen and oxygen atoms in total. The Kier molecular flexibility index (Phi) is 5.57. The van der Waals surface area contributed by atoms with E-state index in [1.54, 1.807) is 13.2 Å². The summed E-state index contributed by atoms with van der Waals surface area (Å²) in [6.45, 7) is 5.36. The molecule has 2 aliphatic rings. The van der Waals surface area contributed by atoms with Crippen LogP contribution in [0.15, 0.2) is 6.07 Å². The van der Waals surface area contributed by atoms with Crippen LogP contribution in [0, 0.1) is 17.8 Å². The van der Waals surface area contributed by atoms with Crippen LogP contribution in [0.4, 0.5) is 5.82 Å². The topological polar surface area (TPSA) is 93.7 Å². The van der Waals surface area contributed by atoms with Crippen LogP contribution in [0.1, 0.15) is 26.7 Å². The van der Waals surface area contributed by atoms with E-state index < -0.39 is 10.0 Å². The summed E-state index contributed by atoms with van der Waals surface area (Å²) in [7, 11) is -0.158. The van der Waals surface area contributed by atoms with Gasteiger partial charge in [0.05, 0.1) is 20.0 Å². The first-order chi connectivity index (χ1) is 12.3. The zero-order valence-corrected chi connectivity index (χ0v) is 16.6. The van der Waals surface area contributed by atoms with E-state index in [1.165, 1.54) is 7.11 Å². The van der Waals surface area contributed by atoms with Gasteiger partial charge in [0.2, 0.25) is 15.9 Å². The Bertz CT molecular complexity index is 704. The highest BCUT2D eigenvalue weighted by molar-refractivity contribution is 7.89. The number of piperidine rings is 1. The van der Waals surface area contributed by atoms with Crippen LogP contribution in [0.3, 0.4) is 0 Å². The first kappa shape index (κ1) is 19.2. The number of sulfonamides is 1. The van der Waals surface area contributed by atoms with E-state index in [4.69, 9.17) is 9.47 Å². The van der Waals surface area contributed by atoms with Gasteiger partial charge in [-0.3, -0.25) is 0 Å². The molecule has 1 aliphatic heterocycles. The maximum Gasteiger partial charge on any atom is 0.321 e. The van der Waals surface area contributed by atoms with Crippen LogP contribution < -0.4 is 19.1 Å². The zero-order valence-electron chi connectivity index (χ0n) is 15.8. The van der Waals surface area contributed by atoms with E-state index >= 15 is 0 Å². The highest BCUT2D eigenvalue weighted by Gasteiger charge is 2.44. The number of anilines is 1. The van der Waals surface area contributed by atoms with Crippen LogP contribution in [0.25, 0.3) is 0 Å². The fourth-order valence-corrected chi connectivity index (χ4v) is 5.82. The normalized spacial score (nSPS) is 25.6. The Morgan fingerprint density at radius 1 is 1.19 bits per heavy atom. The van der Waals surface area contributed by atoms with Crippen molar-refractivity contribution >= 4 is 15.8 Å². The lowest BCUT2D eigenvalue weighted by molar-refractivity contribution is 0.325. The minimum absolute atomic E-state index is 0.0145. The van der Waals surface area contributed by atoms with Gasteiger partial charge in [0, 0.05) is 25.2 Å². The summed E-state index contributed by atoms with van der Waals surface area (Å²) >= 11 is 0. The summed E-state index contributed by atoms with van der Waals surface area (Å²) < 4.78 is 38.1. The molecule has 2 fully saturated rings. The molecule has 0 amide bonds. The third-order valence-electron chi connectivity index (χ3n) is 5.09. The van der Waals surface area contributed by atoms with Gasteiger partial charge < -0.3 is 14.4 Å². The van der Waals surface area contributed by atoms with Gasteiger partial charge in [-0.1, -0.05) is 13.8 Å². The maximum atomic E-state index is 12.4. The number of ether oxygens (including phenoxy) is 2. The van der Waals surface area contributed by atoms with E-state index in [0.29, 0.717) is 5.88 Å². The van der Waals surface area contributed by atoms with Crippen LogP contribution >= 0.6 is 0 Å². The van der Waals surface area contributed by atoms with Crippen molar-refractivity contribution in [2.24, 2.45) is 17.8 Å². The molecule has 2 bridgehead atoms. The quantitative estimate of drug-likeness (QED) is 0.757. The third-order valence-corrected chi connectivity index (χ3v) is 6.82. The smallest absolute Gasteiger partial charge is 0.321 e. The lowest BCUT2D eigenvalue weighted by Gasteiger charge is -2.38.